The Hall–Kier alpha value is -1.03. The summed E-state index contributed by atoms with van der Waals surface area (Å²) in [5.41, 5.74) is 0.720. The number of rotatable bonds is 0. The van der Waals surface area contributed by atoms with Gasteiger partial charge in [0.25, 0.3) is 0 Å². The molecule has 1 aliphatic rings. The van der Waals surface area contributed by atoms with Gasteiger partial charge in [0.1, 0.15) is 0 Å². The number of hydrogen-bond donors (Lipinski definition) is 0. The summed E-state index contributed by atoms with van der Waals surface area (Å²) < 4.78 is 0.987. The van der Waals surface area contributed by atoms with Crippen molar-refractivity contribution in [2.24, 2.45) is 0 Å². The quantitative estimate of drug-likeness (QED) is 0.669. The fourth-order valence-corrected chi connectivity index (χ4v) is 1.90. The molecule has 0 fully saturated rings. The standard InChI is InChI=1S/C10H10BrNO2/c1-10(2)6-12(13)14-9-4-3-7(11)5-8(9)10/h3-6H,1-2H3. The van der Waals surface area contributed by atoms with E-state index < -0.39 is 0 Å². The maximum absolute atomic E-state index is 11.2. The Kier molecular flexibility index (Phi) is 2.03. The first kappa shape index (κ1) is 9.52. The van der Waals surface area contributed by atoms with Crippen molar-refractivity contribution in [1.29, 1.82) is 0 Å². The Labute approximate surface area is 90.7 Å². The highest BCUT2D eigenvalue weighted by molar-refractivity contribution is 9.10. The zero-order chi connectivity index (χ0) is 10.3. The van der Waals surface area contributed by atoms with Crippen LogP contribution >= 0.6 is 15.9 Å². The molecule has 74 valence electrons. The van der Waals surface area contributed by atoms with E-state index >= 15 is 0 Å². The van der Waals surface area contributed by atoms with Crippen LogP contribution in [0, 0.1) is 5.21 Å². The Morgan fingerprint density at radius 3 is 2.86 bits per heavy atom. The molecule has 1 heterocycles. The highest BCUT2D eigenvalue weighted by Gasteiger charge is 2.30. The lowest BCUT2D eigenvalue weighted by Gasteiger charge is -2.26. The largest absolute Gasteiger partial charge is 0.368 e. The predicted molar refractivity (Wildman–Crippen MR) is 57.5 cm³/mol. The molecule has 0 aromatic heterocycles. The first-order valence-corrected chi connectivity index (χ1v) is 5.09. The van der Waals surface area contributed by atoms with Crippen molar-refractivity contribution in [3.8, 4) is 5.75 Å². The van der Waals surface area contributed by atoms with Crippen molar-refractivity contribution in [2.75, 3.05) is 0 Å². The van der Waals surface area contributed by atoms with Gasteiger partial charge in [-0.25, -0.2) is 0 Å². The third-order valence-electron chi connectivity index (χ3n) is 2.25. The lowest BCUT2D eigenvalue weighted by Crippen LogP contribution is -2.31. The van der Waals surface area contributed by atoms with Crippen LogP contribution in [0.1, 0.15) is 19.4 Å². The van der Waals surface area contributed by atoms with Gasteiger partial charge in [0.2, 0.25) is 6.21 Å². The van der Waals surface area contributed by atoms with E-state index in [0.717, 1.165) is 10.0 Å². The molecule has 0 saturated heterocycles. The second-order valence-corrected chi connectivity index (χ2v) is 4.78. The number of fused-ring (bicyclic) bond motifs is 1. The van der Waals surface area contributed by atoms with E-state index in [4.69, 9.17) is 4.84 Å². The topological polar surface area (TPSA) is 35.3 Å². The third kappa shape index (κ3) is 1.50. The molecule has 3 nitrogen and oxygen atoms in total. The van der Waals surface area contributed by atoms with Crippen LogP contribution in [-0.2, 0) is 5.41 Å². The summed E-state index contributed by atoms with van der Waals surface area (Å²) in [6.07, 6.45) is 1.52. The fraction of sp³-hybridized carbons (Fsp3) is 0.300. The lowest BCUT2D eigenvalue weighted by molar-refractivity contribution is -0.694. The molecule has 1 aromatic rings. The van der Waals surface area contributed by atoms with Crippen LogP contribution in [0.2, 0.25) is 0 Å². The van der Waals surface area contributed by atoms with Crippen LogP contribution in [-0.4, -0.2) is 11.1 Å². The SMILES string of the molecule is CC1(C)C=[N+]([O-])Oc2ccc(Br)cc21. The molecule has 0 saturated carbocycles. The molecule has 0 bridgehead atoms. The predicted octanol–water partition coefficient (Wildman–Crippen LogP) is 2.62. The summed E-state index contributed by atoms with van der Waals surface area (Å²) in [7, 11) is 0. The van der Waals surface area contributed by atoms with Crippen molar-refractivity contribution in [3.63, 3.8) is 0 Å². The molecular weight excluding hydrogens is 246 g/mol. The second-order valence-electron chi connectivity index (χ2n) is 3.87. The smallest absolute Gasteiger partial charge is 0.220 e. The van der Waals surface area contributed by atoms with E-state index in [0.29, 0.717) is 10.7 Å². The van der Waals surface area contributed by atoms with Crippen molar-refractivity contribution in [3.05, 3.63) is 33.4 Å². The minimum Gasteiger partial charge on any atom is -0.368 e. The molecule has 2 rings (SSSR count). The highest BCUT2D eigenvalue weighted by Crippen LogP contribution is 2.35. The normalized spacial score (nSPS) is 18.1. The van der Waals surface area contributed by atoms with Crippen LogP contribution in [0.4, 0.5) is 0 Å². The van der Waals surface area contributed by atoms with Gasteiger partial charge in [0.15, 0.2) is 0 Å². The van der Waals surface area contributed by atoms with Gasteiger partial charge in [0.05, 0.1) is 11.2 Å². The van der Waals surface area contributed by atoms with Gasteiger partial charge in [-0.15, -0.1) is 0 Å². The third-order valence-corrected chi connectivity index (χ3v) is 2.75. The number of benzene rings is 1. The Balaban J connectivity index is 2.60. The van der Waals surface area contributed by atoms with Gasteiger partial charge < -0.3 is 4.84 Å². The molecule has 0 N–H and O–H groups in total. The Morgan fingerprint density at radius 1 is 1.43 bits per heavy atom. The molecule has 0 spiro atoms. The minimum atomic E-state index is -0.293. The van der Waals surface area contributed by atoms with E-state index in [-0.39, 0.29) is 5.41 Å². The molecule has 4 heteroatoms. The van der Waals surface area contributed by atoms with E-state index in [1.807, 2.05) is 26.0 Å². The maximum Gasteiger partial charge on any atom is 0.220 e. The maximum atomic E-state index is 11.2. The molecule has 1 aromatic carbocycles. The first-order valence-electron chi connectivity index (χ1n) is 4.29. The highest BCUT2D eigenvalue weighted by atomic mass is 79.9. The Morgan fingerprint density at radius 2 is 2.14 bits per heavy atom. The molecule has 0 amide bonds. The zero-order valence-electron chi connectivity index (χ0n) is 7.95. The molecule has 0 atom stereocenters. The van der Waals surface area contributed by atoms with E-state index in [1.54, 1.807) is 6.07 Å². The molecule has 1 aliphatic heterocycles. The van der Waals surface area contributed by atoms with Gasteiger partial charge in [-0.1, -0.05) is 15.9 Å². The van der Waals surface area contributed by atoms with Crippen molar-refractivity contribution in [1.82, 2.24) is 0 Å². The summed E-state index contributed by atoms with van der Waals surface area (Å²) in [5.74, 6) is 0.621. The van der Waals surface area contributed by atoms with Gasteiger partial charge >= 0.3 is 0 Å². The summed E-state index contributed by atoms with van der Waals surface area (Å²) in [6.45, 7) is 3.96. The average molecular weight is 256 g/mol. The second kappa shape index (κ2) is 2.98. The van der Waals surface area contributed by atoms with E-state index in [1.165, 1.54) is 6.21 Å². The van der Waals surface area contributed by atoms with Gasteiger partial charge in [0, 0.05) is 9.37 Å². The summed E-state index contributed by atoms with van der Waals surface area (Å²) in [5, 5.41) is 11.2. The van der Waals surface area contributed by atoms with Gasteiger partial charge in [-0.2, -0.15) is 0 Å². The molecular formula is C10H10BrNO2. The summed E-state index contributed by atoms with van der Waals surface area (Å²) in [4.78, 5) is 5.53. The number of hydrogen-bond acceptors (Lipinski definition) is 2. The van der Waals surface area contributed by atoms with Crippen LogP contribution in [0.5, 0.6) is 5.75 Å². The monoisotopic (exact) mass is 255 g/mol. The van der Waals surface area contributed by atoms with Crippen LogP contribution in [0.25, 0.3) is 0 Å². The summed E-state index contributed by atoms with van der Waals surface area (Å²) >= 11 is 3.40. The van der Waals surface area contributed by atoms with Crippen molar-refractivity contribution < 1.29 is 9.74 Å². The molecule has 0 radical (unpaired) electrons. The van der Waals surface area contributed by atoms with Crippen molar-refractivity contribution >= 4 is 22.1 Å². The zero-order valence-corrected chi connectivity index (χ0v) is 9.54. The number of nitrogens with zero attached hydrogens (tertiary/aromatic N) is 1. The lowest BCUT2D eigenvalue weighted by atomic mass is 9.85. The minimum absolute atomic E-state index is 0.293. The average Bonchev–Trinajstić information content (AvgIpc) is 2.05. The van der Waals surface area contributed by atoms with Gasteiger partial charge in [-0.3, -0.25) is 5.21 Å². The van der Waals surface area contributed by atoms with Gasteiger partial charge in [-0.05, 0) is 37.6 Å². The molecule has 0 unspecified atom stereocenters. The number of halogens is 1. The Bertz CT molecular complexity index is 413. The van der Waals surface area contributed by atoms with Crippen LogP contribution in [0.3, 0.4) is 0 Å². The molecule has 14 heavy (non-hydrogen) atoms. The van der Waals surface area contributed by atoms with E-state index in [2.05, 4.69) is 15.9 Å². The van der Waals surface area contributed by atoms with Crippen LogP contribution < -0.4 is 4.84 Å². The van der Waals surface area contributed by atoms with E-state index in [9.17, 15) is 5.21 Å². The summed E-state index contributed by atoms with van der Waals surface area (Å²) in [6, 6.07) is 5.62. The first-order chi connectivity index (χ1) is 6.49. The molecule has 0 aliphatic carbocycles. The van der Waals surface area contributed by atoms with Crippen molar-refractivity contribution in [2.45, 2.75) is 19.3 Å². The van der Waals surface area contributed by atoms with Crippen LogP contribution in [0.15, 0.2) is 22.7 Å². The fourth-order valence-electron chi connectivity index (χ4n) is 1.54.